The number of rotatable bonds is 2. The highest BCUT2D eigenvalue weighted by atomic mass is 32.2. The third kappa shape index (κ3) is 2.89. The fourth-order valence-corrected chi connectivity index (χ4v) is 3.99. The molecule has 1 aromatic heterocycles. The van der Waals surface area contributed by atoms with Crippen LogP contribution in [0.2, 0.25) is 0 Å². The number of carbonyl (C=O) groups excluding carboxylic acids is 2. The van der Waals surface area contributed by atoms with Crippen LogP contribution >= 0.6 is 0 Å². The van der Waals surface area contributed by atoms with E-state index in [0.717, 1.165) is 0 Å². The van der Waals surface area contributed by atoms with Crippen molar-refractivity contribution in [1.29, 1.82) is 0 Å². The maximum atomic E-state index is 12.9. The van der Waals surface area contributed by atoms with Gasteiger partial charge in [-0.1, -0.05) is 12.1 Å². The van der Waals surface area contributed by atoms with Crippen molar-refractivity contribution in [2.24, 2.45) is 0 Å². The third-order valence-corrected chi connectivity index (χ3v) is 5.47. The Morgan fingerprint density at radius 3 is 2.58 bits per heavy atom. The average molecular weight is 363 g/mol. The van der Waals surface area contributed by atoms with Crippen molar-refractivity contribution in [1.82, 2.24) is 4.98 Å². The molecule has 0 radical (unpaired) electrons. The summed E-state index contributed by atoms with van der Waals surface area (Å²) in [6, 6.07) is 14.8. The number of hydrogen-bond acceptors (Lipinski definition) is 4. The van der Waals surface area contributed by atoms with Gasteiger partial charge in [0.25, 0.3) is 11.8 Å². The molecular weight excluding hydrogens is 350 g/mol. The van der Waals surface area contributed by atoms with Gasteiger partial charge in [0.15, 0.2) is 0 Å². The molecule has 0 aliphatic carbocycles. The van der Waals surface area contributed by atoms with E-state index >= 15 is 0 Å². The number of aromatic nitrogens is 1. The highest BCUT2D eigenvalue weighted by molar-refractivity contribution is 7.85. The van der Waals surface area contributed by atoms with Gasteiger partial charge < -0.3 is 10.6 Å². The zero-order chi connectivity index (χ0) is 18.1. The summed E-state index contributed by atoms with van der Waals surface area (Å²) in [7, 11) is -1.51. The van der Waals surface area contributed by atoms with Crippen molar-refractivity contribution in [2.45, 2.75) is 9.79 Å². The van der Waals surface area contributed by atoms with E-state index in [0.29, 0.717) is 32.3 Å². The Morgan fingerprint density at radius 1 is 1.00 bits per heavy atom. The van der Waals surface area contributed by atoms with E-state index < -0.39 is 10.8 Å². The SMILES string of the molecule is O=C(Nc1ccncc1)c1ccc2c(c1)NC(=O)c1ccccc1S2=O. The van der Waals surface area contributed by atoms with Gasteiger partial charge in [-0.15, -0.1) is 0 Å². The molecular formula is C19H13N3O3S. The molecule has 1 aliphatic rings. The van der Waals surface area contributed by atoms with Crippen LogP contribution in [0.15, 0.2) is 76.8 Å². The summed E-state index contributed by atoms with van der Waals surface area (Å²) in [6.07, 6.45) is 3.15. The second kappa shape index (κ2) is 6.53. The van der Waals surface area contributed by atoms with Crippen LogP contribution in [0.1, 0.15) is 20.7 Å². The molecule has 2 amide bonds. The maximum absolute atomic E-state index is 12.9. The predicted molar refractivity (Wildman–Crippen MR) is 97.7 cm³/mol. The molecule has 3 aromatic rings. The number of carbonyl (C=O) groups is 2. The molecule has 0 bridgehead atoms. The summed E-state index contributed by atoms with van der Waals surface area (Å²) in [4.78, 5) is 29.7. The third-order valence-electron chi connectivity index (χ3n) is 3.96. The Labute approximate surface area is 151 Å². The van der Waals surface area contributed by atoms with Crippen LogP contribution in [0.3, 0.4) is 0 Å². The minimum atomic E-state index is -1.51. The fourth-order valence-electron chi connectivity index (χ4n) is 2.69. The Hall–Kier alpha value is -3.32. The molecule has 1 aliphatic heterocycles. The summed E-state index contributed by atoms with van der Waals surface area (Å²) in [5.41, 5.74) is 1.69. The lowest BCUT2D eigenvalue weighted by Crippen LogP contribution is -2.14. The standard InChI is InChI=1S/C19H13N3O3S/c23-18(21-13-7-9-20-10-8-13)12-5-6-17-15(11-12)22-19(24)14-3-1-2-4-16(14)26(17)25/h1-11H,(H,22,24)(H,20,21,23). The summed E-state index contributed by atoms with van der Waals surface area (Å²) >= 11 is 0. The molecule has 1 unspecified atom stereocenters. The second-order valence-corrected chi connectivity index (χ2v) is 7.04. The van der Waals surface area contributed by atoms with Gasteiger partial charge in [-0.3, -0.25) is 14.6 Å². The minimum Gasteiger partial charge on any atom is -0.322 e. The van der Waals surface area contributed by atoms with E-state index in [1.54, 1.807) is 60.9 Å². The predicted octanol–water partition coefficient (Wildman–Crippen LogP) is 3.07. The zero-order valence-corrected chi connectivity index (χ0v) is 14.2. The van der Waals surface area contributed by atoms with E-state index in [4.69, 9.17) is 0 Å². The largest absolute Gasteiger partial charge is 0.322 e. The molecule has 4 rings (SSSR count). The van der Waals surface area contributed by atoms with Gasteiger partial charge in [-0.2, -0.15) is 0 Å². The molecule has 0 saturated carbocycles. The summed E-state index contributed by atoms with van der Waals surface area (Å²) in [5.74, 6) is -0.680. The number of fused-ring (bicyclic) bond motifs is 2. The van der Waals surface area contributed by atoms with Crippen LogP contribution < -0.4 is 10.6 Å². The van der Waals surface area contributed by atoms with E-state index in [2.05, 4.69) is 15.6 Å². The molecule has 0 spiro atoms. The number of amides is 2. The monoisotopic (exact) mass is 363 g/mol. The van der Waals surface area contributed by atoms with E-state index in [-0.39, 0.29) is 11.8 Å². The van der Waals surface area contributed by atoms with Gasteiger partial charge in [0.2, 0.25) is 0 Å². The van der Waals surface area contributed by atoms with Gasteiger partial charge in [-0.25, -0.2) is 4.21 Å². The molecule has 7 heteroatoms. The lowest BCUT2D eigenvalue weighted by atomic mass is 10.1. The lowest BCUT2D eigenvalue weighted by Gasteiger charge is -2.09. The molecule has 128 valence electrons. The average Bonchev–Trinajstić information content (AvgIpc) is 2.77. The van der Waals surface area contributed by atoms with Crippen molar-refractivity contribution >= 4 is 34.0 Å². The highest BCUT2D eigenvalue weighted by Crippen LogP contribution is 2.31. The second-order valence-electron chi connectivity index (χ2n) is 5.62. The molecule has 26 heavy (non-hydrogen) atoms. The minimum absolute atomic E-state index is 0.333. The van der Waals surface area contributed by atoms with Gasteiger partial charge in [0.1, 0.15) is 0 Å². The molecule has 2 aromatic carbocycles. The molecule has 2 N–H and O–H groups in total. The van der Waals surface area contributed by atoms with Gasteiger partial charge in [-0.05, 0) is 42.5 Å². The van der Waals surface area contributed by atoms with Crippen molar-refractivity contribution < 1.29 is 13.8 Å². The zero-order valence-electron chi connectivity index (χ0n) is 13.4. The van der Waals surface area contributed by atoms with Crippen molar-refractivity contribution in [3.05, 3.63) is 78.1 Å². The van der Waals surface area contributed by atoms with Crippen LogP contribution in [0.5, 0.6) is 0 Å². The Morgan fingerprint density at radius 2 is 1.77 bits per heavy atom. The van der Waals surface area contributed by atoms with E-state index in [9.17, 15) is 13.8 Å². The van der Waals surface area contributed by atoms with Crippen LogP contribution in [0.25, 0.3) is 0 Å². The van der Waals surface area contributed by atoms with Crippen LogP contribution in [-0.2, 0) is 10.8 Å². The first kappa shape index (κ1) is 16.2. The van der Waals surface area contributed by atoms with E-state index in [1.165, 1.54) is 6.07 Å². The molecule has 2 heterocycles. The van der Waals surface area contributed by atoms with Gasteiger partial charge >= 0.3 is 0 Å². The molecule has 0 saturated heterocycles. The number of nitrogens with zero attached hydrogens (tertiary/aromatic N) is 1. The van der Waals surface area contributed by atoms with Crippen LogP contribution in [0, 0.1) is 0 Å². The number of benzene rings is 2. The normalized spacial score (nSPS) is 15.2. The number of hydrogen-bond donors (Lipinski definition) is 2. The Balaban J connectivity index is 1.70. The Kier molecular flexibility index (Phi) is 4.06. The van der Waals surface area contributed by atoms with Gasteiger partial charge in [0.05, 0.1) is 31.8 Å². The highest BCUT2D eigenvalue weighted by Gasteiger charge is 2.25. The summed E-state index contributed by atoms with van der Waals surface area (Å²) < 4.78 is 12.9. The van der Waals surface area contributed by atoms with E-state index in [1.807, 2.05) is 0 Å². The number of nitrogens with one attached hydrogen (secondary N) is 2. The van der Waals surface area contributed by atoms with Crippen LogP contribution in [-0.4, -0.2) is 21.0 Å². The van der Waals surface area contributed by atoms with Gasteiger partial charge in [0, 0.05) is 23.6 Å². The van der Waals surface area contributed by atoms with Crippen LogP contribution in [0.4, 0.5) is 11.4 Å². The van der Waals surface area contributed by atoms with Crippen molar-refractivity contribution in [3.8, 4) is 0 Å². The number of pyridine rings is 1. The fraction of sp³-hybridized carbons (Fsp3) is 0. The summed E-state index contributed by atoms with van der Waals surface area (Å²) in [6.45, 7) is 0. The molecule has 6 nitrogen and oxygen atoms in total. The van der Waals surface area contributed by atoms with Crippen molar-refractivity contribution in [3.63, 3.8) is 0 Å². The smallest absolute Gasteiger partial charge is 0.256 e. The first-order valence-corrected chi connectivity index (χ1v) is 8.96. The topological polar surface area (TPSA) is 88.2 Å². The molecule has 1 atom stereocenters. The lowest BCUT2D eigenvalue weighted by molar-refractivity contribution is 0.101. The van der Waals surface area contributed by atoms with Crippen molar-refractivity contribution in [2.75, 3.05) is 10.6 Å². The Bertz CT molecular complexity index is 1050. The maximum Gasteiger partial charge on any atom is 0.256 e. The first-order valence-electron chi connectivity index (χ1n) is 7.81. The molecule has 0 fully saturated rings. The number of anilines is 2. The summed E-state index contributed by atoms with van der Waals surface area (Å²) in [5, 5.41) is 5.50. The quantitative estimate of drug-likeness (QED) is 0.732. The first-order chi connectivity index (χ1) is 12.6.